The van der Waals surface area contributed by atoms with Crippen LogP contribution in [0.3, 0.4) is 0 Å². The number of benzene rings is 1. The first-order chi connectivity index (χ1) is 7.72. The van der Waals surface area contributed by atoms with Gasteiger partial charge in [0.05, 0.1) is 0 Å². The van der Waals surface area contributed by atoms with Gasteiger partial charge in [-0.3, -0.25) is 4.90 Å². The van der Waals surface area contributed by atoms with Gasteiger partial charge in [0.2, 0.25) is 0 Å². The quantitative estimate of drug-likeness (QED) is 0.664. The number of hydrogen-bond acceptors (Lipinski definition) is 1. The van der Waals surface area contributed by atoms with Crippen molar-refractivity contribution in [1.82, 2.24) is 4.90 Å². The van der Waals surface area contributed by atoms with Crippen LogP contribution in [0.4, 0.5) is 0 Å². The molecular weight excluding hydrogens is 218 g/mol. The Morgan fingerprint density at radius 3 is 2.81 bits per heavy atom. The molecule has 2 aliphatic rings. The molecule has 3 rings (SSSR count). The molecule has 1 saturated heterocycles. The van der Waals surface area contributed by atoms with E-state index in [2.05, 4.69) is 30.1 Å². The van der Waals surface area contributed by atoms with E-state index in [9.17, 15) is 0 Å². The highest BCUT2D eigenvalue weighted by atomic mass is 35.5. The predicted octanol–water partition coefficient (Wildman–Crippen LogP) is 3.60. The van der Waals surface area contributed by atoms with Gasteiger partial charge in [-0.1, -0.05) is 17.7 Å². The molecule has 1 spiro atoms. The van der Waals surface area contributed by atoms with Crippen LogP contribution in [0.15, 0.2) is 18.2 Å². The second-order valence-corrected chi connectivity index (χ2v) is 5.65. The lowest BCUT2D eigenvalue weighted by atomic mass is 9.75. The number of fused-ring (bicyclic) bond motifs is 2. The maximum atomic E-state index is 6.09. The molecule has 1 nitrogen and oxygen atoms in total. The number of halogens is 1. The second kappa shape index (κ2) is 3.75. The average Bonchev–Trinajstić information content (AvgIpc) is 2.61. The van der Waals surface area contributed by atoms with Gasteiger partial charge >= 0.3 is 0 Å². The number of nitrogens with zero attached hydrogens (tertiary/aromatic N) is 1. The van der Waals surface area contributed by atoms with Gasteiger partial charge in [0.15, 0.2) is 0 Å². The Morgan fingerprint density at radius 2 is 2.06 bits per heavy atom. The van der Waals surface area contributed by atoms with Crippen LogP contribution < -0.4 is 0 Å². The summed E-state index contributed by atoms with van der Waals surface area (Å²) < 4.78 is 0. The van der Waals surface area contributed by atoms with Crippen molar-refractivity contribution in [1.29, 1.82) is 0 Å². The molecule has 86 valence electrons. The fraction of sp³-hybridized carbons (Fsp3) is 0.571. The van der Waals surface area contributed by atoms with Gasteiger partial charge in [-0.25, -0.2) is 0 Å². The van der Waals surface area contributed by atoms with Crippen LogP contribution in [0.1, 0.15) is 36.8 Å². The van der Waals surface area contributed by atoms with Gasteiger partial charge in [-0.05, 0) is 69.0 Å². The van der Waals surface area contributed by atoms with Crippen LogP contribution in [0.25, 0.3) is 0 Å². The van der Waals surface area contributed by atoms with Crippen molar-refractivity contribution < 1.29 is 0 Å². The van der Waals surface area contributed by atoms with Crippen molar-refractivity contribution in [2.24, 2.45) is 0 Å². The van der Waals surface area contributed by atoms with Gasteiger partial charge in [0.1, 0.15) is 0 Å². The fourth-order valence-electron chi connectivity index (χ4n) is 3.60. The van der Waals surface area contributed by atoms with Crippen molar-refractivity contribution >= 4 is 11.6 Å². The van der Waals surface area contributed by atoms with Crippen molar-refractivity contribution in [2.75, 3.05) is 13.6 Å². The molecule has 16 heavy (non-hydrogen) atoms. The normalized spacial score (nSPS) is 29.6. The lowest BCUT2D eigenvalue weighted by molar-refractivity contribution is 0.148. The molecule has 0 bridgehead atoms. The minimum Gasteiger partial charge on any atom is -0.297 e. The number of likely N-dealkylation sites (tertiary alicyclic amines) is 1. The summed E-state index contributed by atoms with van der Waals surface area (Å²) in [5.74, 6) is 0. The zero-order valence-electron chi connectivity index (χ0n) is 9.80. The Bertz CT molecular complexity index is 415. The Hall–Kier alpha value is -0.530. The Kier molecular flexibility index (Phi) is 2.49. The largest absolute Gasteiger partial charge is 0.297 e. The molecule has 1 aliphatic carbocycles. The van der Waals surface area contributed by atoms with Crippen LogP contribution in [0.2, 0.25) is 5.02 Å². The molecule has 1 aromatic carbocycles. The standard InChI is InChI=1S/C14H18ClN/c1-16-9-3-8-14(16)7-2-4-11-10-12(15)5-6-13(11)14/h5-6,10H,2-4,7-9H2,1H3. The number of hydrogen-bond donors (Lipinski definition) is 0. The Balaban J connectivity index is 2.12. The highest BCUT2D eigenvalue weighted by Gasteiger charge is 2.42. The van der Waals surface area contributed by atoms with E-state index in [1.54, 1.807) is 5.56 Å². The number of aryl methyl sites for hydroxylation is 1. The van der Waals surface area contributed by atoms with Crippen LogP contribution in [0.5, 0.6) is 0 Å². The van der Waals surface area contributed by atoms with E-state index in [-0.39, 0.29) is 0 Å². The summed E-state index contributed by atoms with van der Waals surface area (Å²) >= 11 is 6.09. The summed E-state index contributed by atoms with van der Waals surface area (Å²) in [7, 11) is 2.27. The van der Waals surface area contributed by atoms with E-state index in [0.29, 0.717) is 5.54 Å². The summed E-state index contributed by atoms with van der Waals surface area (Å²) in [6.45, 7) is 1.24. The molecule has 2 heteroatoms. The van der Waals surface area contributed by atoms with E-state index in [4.69, 9.17) is 11.6 Å². The summed E-state index contributed by atoms with van der Waals surface area (Å²) in [6.07, 6.45) is 6.47. The third kappa shape index (κ3) is 1.42. The first-order valence-electron chi connectivity index (χ1n) is 6.22. The fourth-order valence-corrected chi connectivity index (χ4v) is 3.79. The molecule has 0 saturated carbocycles. The van der Waals surface area contributed by atoms with Crippen LogP contribution >= 0.6 is 11.6 Å². The van der Waals surface area contributed by atoms with E-state index in [1.165, 1.54) is 44.2 Å². The minimum atomic E-state index is 0.332. The molecule has 0 aromatic heterocycles. The Morgan fingerprint density at radius 1 is 1.25 bits per heavy atom. The molecule has 1 atom stereocenters. The summed E-state index contributed by atoms with van der Waals surface area (Å²) in [4.78, 5) is 2.55. The number of rotatable bonds is 0. The van der Waals surface area contributed by atoms with E-state index in [1.807, 2.05) is 0 Å². The summed E-state index contributed by atoms with van der Waals surface area (Å²) in [5, 5.41) is 0.886. The molecule has 1 aromatic rings. The molecule has 1 fully saturated rings. The van der Waals surface area contributed by atoms with E-state index >= 15 is 0 Å². The van der Waals surface area contributed by atoms with Gasteiger partial charge in [-0.2, -0.15) is 0 Å². The molecule has 0 radical (unpaired) electrons. The van der Waals surface area contributed by atoms with Crippen LogP contribution in [0, 0.1) is 0 Å². The topological polar surface area (TPSA) is 3.24 Å². The minimum absolute atomic E-state index is 0.332. The van der Waals surface area contributed by atoms with E-state index in [0.717, 1.165) is 5.02 Å². The molecule has 0 amide bonds. The highest BCUT2D eigenvalue weighted by Crippen LogP contribution is 2.46. The zero-order chi connectivity index (χ0) is 11.2. The molecule has 0 N–H and O–H groups in total. The zero-order valence-corrected chi connectivity index (χ0v) is 10.6. The van der Waals surface area contributed by atoms with Gasteiger partial charge in [0.25, 0.3) is 0 Å². The molecule has 1 aliphatic heterocycles. The first kappa shape index (κ1) is 10.6. The van der Waals surface area contributed by atoms with Gasteiger partial charge < -0.3 is 0 Å². The average molecular weight is 236 g/mol. The van der Waals surface area contributed by atoms with Crippen molar-refractivity contribution in [3.8, 4) is 0 Å². The predicted molar refractivity (Wildman–Crippen MR) is 67.9 cm³/mol. The lowest BCUT2D eigenvalue weighted by Crippen LogP contribution is -2.41. The van der Waals surface area contributed by atoms with Crippen molar-refractivity contribution in [3.63, 3.8) is 0 Å². The molecular formula is C14H18ClN. The first-order valence-corrected chi connectivity index (χ1v) is 6.60. The van der Waals surface area contributed by atoms with Gasteiger partial charge in [0, 0.05) is 10.6 Å². The monoisotopic (exact) mass is 235 g/mol. The van der Waals surface area contributed by atoms with Crippen molar-refractivity contribution in [3.05, 3.63) is 34.3 Å². The molecule has 1 heterocycles. The second-order valence-electron chi connectivity index (χ2n) is 5.21. The van der Waals surface area contributed by atoms with Crippen LogP contribution in [-0.2, 0) is 12.0 Å². The lowest BCUT2D eigenvalue weighted by Gasteiger charge is -2.41. The third-order valence-corrected chi connectivity index (χ3v) is 4.65. The smallest absolute Gasteiger partial charge is 0.0460 e. The Labute approximate surface area is 102 Å². The third-order valence-electron chi connectivity index (χ3n) is 4.42. The molecule has 1 unspecified atom stereocenters. The maximum Gasteiger partial charge on any atom is 0.0460 e. The van der Waals surface area contributed by atoms with Gasteiger partial charge in [-0.15, -0.1) is 0 Å². The van der Waals surface area contributed by atoms with Crippen LogP contribution in [-0.4, -0.2) is 18.5 Å². The van der Waals surface area contributed by atoms with E-state index < -0.39 is 0 Å². The summed E-state index contributed by atoms with van der Waals surface area (Å²) in [6, 6.07) is 6.49. The SMILES string of the molecule is CN1CCCC12CCCc1cc(Cl)ccc12. The summed E-state index contributed by atoms with van der Waals surface area (Å²) in [5.41, 5.74) is 3.36. The maximum absolute atomic E-state index is 6.09. The van der Waals surface area contributed by atoms with Crippen molar-refractivity contribution in [2.45, 2.75) is 37.6 Å². The highest BCUT2D eigenvalue weighted by molar-refractivity contribution is 6.30.